The van der Waals surface area contributed by atoms with Crippen LogP contribution >= 0.6 is 34.7 Å². The molecule has 13 heteroatoms. The van der Waals surface area contributed by atoms with Crippen LogP contribution in [-0.2, 0) is 10.0 Å². The number of carbonyl (C=O) groups excluding carboxylic acids is 1. The molecule has 0 unspecified atom stereocenters. The minimum absolute atomic E-state index is 0.0839. The number of aromatic nitrogens is 3. The van der Waals surface area contributed by atoms with E-state index >= 15 is 0 Å². The molecule has 3 aromatic heterocycles. The van der Waals surface area contributed by atoms with Gasteiger partial charge in [0.1, 0.15) is 15.9 Å². The van der Waals surface area contributed by atoms with Gasteiger partial charge in [-0.05, 0) is 55.6 Å². The molecule has 0 spiro atoms. The van der Waals surface area contributed by atoms with Gasteiger partial charge in [0, 0.05) is 4.90 Å². The van der Waals surface area contributed by atoms with Crippen LogP contribution in [0.5, 0.6) is 0 Å². The van der Waals surface area contributed by atoms with Gasteiger partial charge < -0.3 is 5.32 Å². The quantitative estimate of drug-likeness (QED) is 0.380. The average Bonchev–Trinajstić information content (AvgIpc) is 3.22. The number of benzene rings is 1. The smallest absolute Gasteiger partial charge is 0.306 e. The summed E-state index contributed by atoms with van der Waals surface area (Å²) in [4.78, 5) is 34.9. The fraction of sp³-hybridized carbons (Fsp3) is 0.100. The van der Waals surface area contributed by atoms with Crippen LogP contribution in [0.25, 0.3) is 16.7 Å². The molecule has 0 bridgehead atoms. The van der Waals surface area contributed by atoms with Crippen LogP contribution in [0.3, 0.4) is 0 Å². The third-order valence-corrected chi connectivity index (χ3v) is 8.30. The van der Waals surface area contributed by atoms with Gasteiger partial charge in [-0.25, -0.2) is 32.5 Å². The monoisotopic (exact) mass is 521 g/mol. The number of anilines is 1. The summed E-state index contributed by atoms with van der Waals surface area (Å²) < 4.78 is 27.9. The van der Waals surface area contributed by atoms with Crippen molar-refractivity contribution in [3.8, 4) is 5.82 Å². The Kier molecular flexibility index (Phi) is 6.43. The van der Waals surface area contributed by atoms with Crippen molar-refractivity contribution in [2.75, 3.05) is 11.6 Å². The van der Waals surface area contributed by atoms with Crippen molar-refractivity contribution in [3.63, 3.8) is 0 Å². The molecule has 4 rings (SSSR count). The van der Waals surface area contributed by atoms with Gasteiger partial charge in [-0.2, -0.15) is 0 Å². The summed E-state index contributed by atoms with van der Waals surface area (Å²) in [7, 11) is -4.05. The standard InChI is InChI=1S/C20H16ClN5O4S3/c1-11-23-15-5-4-13(31-2)9-14(15)19(27)26(11)17-7-3-12(10-22-17)24-20(28)25-33(29,30)18-8-6-16(21)32-18/h3-10H,1-2H3,(H2,24,25,28). The van der Waals surface area contributed by atoms with E-state index in [-0.39, 0.29) is 19.8 Å². The van der Waals surface area contributed by atoms with Gasteiger partial charge >= 0.3 is 6.03 Å². The van der Waals surface area contributed by atoms with Crippen molar-refractivity contribution in [2.24, 2.45) is 0 Å². The fourth-order valence-electron chi connectivity index (χ4n) is 3.04. The third kappa shape index (κ3) is 4.88. The van der Waals surface area contributed by atoms with E-state index in [0.29, 0.717) is 22.5 Å². The molecule has 0 saturated heterocycles. The first-order valence-electron chi connectivity index (χ1n) is 9.31. The molecular formula is C20H16ClN5O4S3. The summed E-state index contributed by atoms with van der Waals surface area (Å²) in [6.45, 7) is 1.70. The van der Waals surface area contributed by atoms with E-state index in [1.807, 2.05) is 17.0 Å². The normalized spacial score (nSPS) is 11.5. The molecule has 33 heavy (non-hydrogen) atoms. The Morgan fingerprint density at radius 3 is 2.61 bits per heavy atom. The molecule has 0 saturated carbocycles. The first-order valence-corrected chi connectivity index (χ1v) is 13.2. The second-order valence-corrected chi connectivity index (χ2v) is 11.2. The molecule has 0 atom stereocenters. The zero-order chi connectivity index (χ0) is 23.8. The number of hydrogen-bond donors (Lipinski definition) is 2. The number of urea groups is 1. The van der Waals surface area contributed by atoms with Crippen molar-refractivity contribution in [3.05, 3.63) is 69.2 Å². The van der Waals surface area contributed by atoms with Gasteiger partial charge in [-0.15, -0.1) is 23.1 Å². The molecule has 0 radical (unpaired) electrons. The van der Waals surface area contributed by atoms with Gasteiger partial charge in [0.05, 0.1) is 27.1 Å². The number of carbonyl (C=O) groups is 1. The van der Waals surface area contributed by atoms with Crippen LogP contribution in [0, 0.1) is 6.92 Å². The Balaban J connectivity index is 1.57. The molecule has 9 nitrogen and oxygen atoms in total. The lowest BCUT2D eigenvalue weighted by Gasteiger charge is -2.12. The Labute approximate surface area is 201 Å². The Hall–Kier alpha value is -2.93. The highest BCUT2D eigenvalue weighted by Gasteiger charge is 2.20. The number of hydrogen-bond acceptors (Lipinski definition) is 8. The average molecular weight is 522 g/mol. The number of amides is 2. The number of rotatable bonds is 5. The zero-order valence-corrected chi connectivity index (χ0v) is 20.4. The number of thioether (sulfide) groups is 1. The summed E-state index contributed by atoms with van der Waals surface area (Å²) in [5.41, 5.74) is 0.564. The Morgan fingerprint density at radius 1 is 1.18 bits per heavy atom. The molecule has 0 fully saturated rings. The first-order chi connectivity index (χ1) is 15.7. The molecule has 4 aromatic rings. The number of nitrogens with one attached hydrogen (secondary N) is 2. The SMILES string of the molecule is CSc1ccc2nc(C)n(-c3ccc(NC(=O)NS(=O)(=O)c4ccc(Cl)s4)cn3)c(=O)c2c1. The highest BCUT2D eigenvalue weighted by atomic mass is 35.5. The highest BCUT2D eigenvalue weighted by Crippen LogP contribution is 2.25. The zero-order valence-electron chi connectivity index (χ0n) is 17.2. The van der Waals surface area contributed by atoms with E-state index in [0.717, 1.165) is 16.2 Å². The summed E-state index contributed by atoms with van der Waals surface area (Å²) in [5.74, 6) is 0.768. The number of fused-ring (bicyclic) bond motifs is 1. The molecular weight excluding hydrogens is 506 g/mol. The van der Waals surface area contributed by atoms with E-state index in [2.05, 4.69) is 15.3 Å². The van der Waals surface area contributed by atoms with Crippen molar-refractivity contribution in [1.29, 1.82) is 0 Å². The number of pyridine rings is 1. The van der Waals surface area contributed by atoms with Crippen molar-refractivity contribution < 1.29 is 13.2 Å². The van der Waals surface area contributed by atoms with Gasteiger partial charge in [-0.3, -0.25) is 4.79 Å². The molecule has 2 N–H and O–H groups in total. The van der Waals surface area contributed by atoms with Crippen LogP contribution in [-0.4, -0.2) is 35.2 Å². The van der Waals surface area contributed by atoms with Crippen molar-refractivity contribution in [2.45, 2.75) is 16.0 Å². The minimum Gasteiger partial charge on any atom is -0.306 e. The molecule has 0 aliphatic rings. The largest absolute Gasteiger partial charge is 0.333 e. The lowest BCUT2D eigenvalue weighted by atomic mass is 10.2. The Morgan fingerprint density at radius 2 is 1.97 bits per heavy atom. The predicted molar refractivity (Wildman–Crippen MR) is 130 cm³/mol. The summed E-state index contributed by atoms with van der Waals surface area (Å²) in [5, 5.41) is 2.87. The number of sulfonamides is 1. The lowest BCUT2D eigenvalue weighted by molar-refractivity contribution is 0.256. The third-order valence-electron chi connectivity index (χ3n) is 4.52. The summed E-state index contributed by atoms with van der Waals surface area (Å²) in [6, 6.07) is 10.3. The van der Waals surface area contributed by atoms with E-state index < -0.39 is 16.1 Å². The molecule has 170 valence electrons. The van der Waals surface area contributed by atoms with Crippen molar-refractivity contribution >= 4 is 67.3 Å². The van der Waals surface area contributed by atoms with Crippen LogP contribution in [0.1, 0.15) is 5.82 Å². The van der Waals surface area contributed by atoms with Crippen LogP contribution < -0.4 is 15.6 Å². The maximum atomic E-state index is 13.1. The minimum atomic E-state index is -4.05. The topological polar surface area (TPSA) is 123 Å². The lowest BCUT2D eigenvalue weighted by Crippen LogP contribution is -2.34. The maximum Gasteiger partial charge on any atom is 0.333 e. The number of nitrogens with zero attached hydrogens (tertiary/aromatic N) is 3. The molecule has 0 aliphatic carbocycles. The van der Waals surface area contributed by atoms with E-state index in [1.165, 1.54) is 46.8 Å². The Bertz CT molecular complexity index is 1530. The van der Waals surface area contributed by atoms with Gasteiger partial charge in [0.15, 0.2) is 0 Å². The van der Waals surface area contributed by atoms with Crippen LogP contribution in [0.4, 0.5) is 10.5 Å². The van der Waals surface area contributed by atoms with E-state index in [9.17, 15) is 18.0 Å². The maximum absolute atomic E-state index is 13.1. The second kappa shape index (κ2) is 9.14. The fourth-order valence-corrected chi connectivity index (χ4v) is 5.87. The number of halogens is 1. The number of thiophene rings is 1. The predicted octanol–water partition coefficient (Wildman–Crippen LogP) is 4.04. The van der Waals surface area contributed by atoms with Gasteiger partial charge in [0.2, 0.25) is 0 Å². The van der Waals surface area contributed by atoms with E-state index in [4.69, 9.17) is 11.6 Å². The van der Waals surface area contributed by atoms with Crippen LogP contribution in [0.2, 0.25) is 4.34 Å². The molecule has 0 aliphatic heterocycles. The summed E-state index contributed by atoms with van der Waals surface area (Å²) >= 11 is 8.11. The molecule has 1 aromatic carbocycles. The second-order valence-electron chi connectivity index (χ2n) is 6.71. The van der Waals surface area contributed by atoms with Crippen LogP contribution in [0.15, 0.2) is 62.6 Å². The molecule has 3 heterocycles. The van der Waals surface area contributed by atoms with Gasteiger partial charge in [0.25, 0.3) is 15.6 Å². The number of aryl methyl sites for hydroxylation is 1. The summed E-state index contributed by atoms with van der Waals surface area (Å²) in [6.07, 6.45) is 3.24. The van der Waals surface area contributed by atoms with E-state index in [1.54, 1.807) is 19.1 Å². The molecule has 2 amide bonds. The van der Waals surface area contributed by atoms with Gasteiger partial charge in [-0.1, -0.05) is 11.6 Å². The first kappa shape index (κ1) is 23.2. The van der Waals surface area contributed by atoms with Crippen molar-refractivity contribution in [1.82, 2.24) is 19.3 Å². The highest BCUT2D eigenvalue weighted by molar-refractivity contribution is 7.98.